The molecule has 26 heavy (non-hydrogen) atoms. The van der Waals surface area contributed by atoms with Crippen molar-refractivity contribution in [2.45, 2.75) is 58.5 Å². The molecule has 2 amide bonds. The van der Waals surface area contributed by atoms with E-state index in [2.05, 4.69) is 18.9 Å². The molecule has 0 bridgehead atoms. The predicted molar refractivity (Wildman–Crippen MR) is 96.4 cm³/mol. The van der Waals surface area contributed by atoms with Crippen molar-refractivity contribution in [3.63, 3.8) is 0 Å². The maximum atomic E-state index is 13.4. The van der Waals surface area contributed by atoms with Gasteiger partial charge < -0.3 is 9.80 Å². The van der Waals surface area contributed by atoms with Gasteiger partial charge in [0, 0.05) is 49.5 Å². The number of carbonyl (C=O) groups excluding carboxylic acids is 2. The van der Waals surface area contributed by atoms with Crippen LogP contribution >= 0.6 is 0 Å². The molecule has 2 aliphatic heterocycles. The Morgan fingerprint density at radius 3 is 2.65 bits per heavy atom. The summed E-state index contributed by atoms with van der Waals surface area (Å²) in [6, 6.07) is 2.26. The Balaban J connectivity index is 2.00. The zero-order valence-corrected chi connectivity index (χ0v) is 16.1. The van der Waals surface area contributed by atoms with E-state index >= 15 is 0 Å². The van der Waals surface area contributed by atoms with Crippen LogP contribution in [0.1, 0.15) is 58.2 Å². The van der Waals surface area contributed by atoms with Gasteiger partial charge in [-0.15, -0.1) is 0 Å². The number of amides is 2. The minimum Gasteiger partial charge on any atom is -0.341 e. The second kappa shape index (κ2) is 7.00. The van der Waals surface area contributed by atoms with E-state index in [1.165, 1.54) is 0 Å². The highest BCUT2D eigenvalue weighted by Crippen LogP contribution is 2.50. The number of hydrogen-bond acceptors (Lipinski definition) is 3. The smallest absolute Gasteiger partial charge is 0.231 e. The Kier molecular flexibility index (Phi) is 5.08. The number of hydrogen-bond donors (Lipinski definition) is 0. The Labute approximate surface area is 154 Å². The quantitative estimate of drug-likeness (QED) is 0.806. The molecular weight excluding hydrogens is 335 g/mol. The lowest BCUT2D eigenvalue weighted by Gasteiger charge is -2.30. The molecule has 6 nitrogen and oxygen atoms in total. The fourth-order valence-corrected chi connectivity index (χ4v) is 4.52. The molecule has 0 radical (unpaired) electrons. The molecule has 2 fully saturated rings. The number of likely N-dealkylation sites (tertiary alicyclic amines) is 2. The van der Waals surface area contributed by atoms with Crippen LogP contribution in [0.15, 0.2) is 12.3 Å². The van der Waals surface area contributed by atoms with Crippen molar-refractivity contribution >= 4 is 11.8 Å². The molecule has 3 rings (SSSR count). The number of rotatable bonds is 5. The van der Waals surface area contributed by atoms with Crippen LogP contribution in [0.4, 0.5) is 4.39 Å². The molecule has 1 aromatic heterocycles. The second-order valence-electron chi connectivity index (χ2n) is 8.06. The van der Waals surface area contributed by atoms with Gasteiger partial charge in [-0.05, 0) is 40.2 Å². The van der Waals surface area contributed by atoms with E-state index in [1.807, 2.05) is 29.5 Å². The lowest BCUT2D eigenvalue weighted by Crippen LogP contribution is -2.43. The fourth-order valence-electron chi connectivity index (χ4n) is 4.52. The second-order valence-corrected chi connectivity index (χ2v) is 8.06. The number of aromatic nitrogens is 2. The maximum Gasteiger partial charge on any atom is 0.231 e. The number of nitrogens with zero attached hydrogens (tertiary/aromatic N) is 4. The molecule has 2 unspecified atom stereocenters. The fraction of sp³-hybridized carbons (Fsp3) is 0.737. The lowest BCUT2D eigenvalue weighted by molar-refractivity contribution is -0.138. The van der Waals surface area contributed by atoms with Crippen LogP contribution < -0.4 is 0 Å². The predicted octanol–water partition coefficient (Wildman–Crippen LogP) is 2.38. The Hall–Kier alpha value is -1.92. The van der Waals surface area contributed by atoms with Crippen LogP contribution in [0.5, 0.6) is 0 Å². The molecule has 0 saturated carbocycles. The Morgan fingerprint density at radius 1 is 1.35 bits per heavy atom. The van der Waals surface area contributed by atoms with Gasteiger partial charge in [-0.3, -0.25) is 18.7 Å². The number of alkyl halides is 1. The molecule has 0 aliphatic carbocycles. The summed E-state index contributed by atoms with van der Waals surface area (Å²) in [6.45, 7) is 9.02. The van der Waals surface area contributed by atoms with Crippen molar-refractivity contribution in [1.29, 1.82) is 0 Å². The summed E-state index contributed by atoms with van der Waals surface area (Å²) in [5.41, 5.74) is 0.373. The van der Waals surface area contributed by atoms with Gasteiger partial charge in [-0.25, -0.2) is 0 Å². The van der Waals surface area contributed by atoms with Crippen molar-refractivity contribution in [1.82, 2.24) is 19.6 Å². The average Bonchev–Trinajstić information content (AvgIpc) is 3.27. The molecule has 0 aromatic carbocycles. The highest BCUT2D eigenvalue weighted by Gasteiger charge is 2.59. The molecule has 2 atom stereocenters. The third-order valence-corrected chi connectivity index (χ3v) is 5.86. The first-order valence-electron chi connectivity index (χ1n) is 9.50. The van der Waals surface area contributed by atoms with Crippen LogP contribution in [0.2, 0.25) is 0 Å². The van der Waals surface area contributed by atoms with Crippen LogP contribution in [0.3, 0.4) is 0 Å². The van der Waals surface area contributed by atoms with Gasteiger partial charge in [0.15, 0.2) is 0 Å². The van der Waals surface area contributed by atoms with Gasteiger partial charge in [-0.2, -0.15) is 5.10 Å². The molecule has 1 aromatic rings. The van der Waals surface area contributed by atoms with E-state index in [0.717, 1.165) is 12.1 Å². The SMILES string of the molecule is CC(C)N1CCC2(CN(C(=O)CCF)CC2c2ccnn2C(C)C)C1=O. The van der Waals surface area contributed by atoms with Crippen LogP contribution in [0.25, 0.3) is 0 Å². The standard InChI is InChI=1S/C19H29FN4O2/c1-13(2)23-10-7-19(18(23)26)12-22(17(25)5-8-20)11-15(19)16-6-9-21-24(16)14(3)4/h6,9,13-15H,5,7-8,10-12H2,1-4H3. The highest BCUT2D eigenvalue weighted by atomic mass is 19.1. The summed E-state index contributed by atoms with van der Waals surface area (Å²) in [5, 5.41) is 4.43. The zero-order valence-electron chi connectivity index (χ0n) is 16.1. The van der Waals surface area contributed by atoms with E-state index in [1.54, 1.807) is 11.1 Å². The molecule has 3 heterocycles. The molecule has 7 heteroatoms. The largest absolute Gasteiger partial charge is 0.341 e. The Bertz CT molecular complexity index is 687. The summed E-state index contributed by atoms with van der Waals surface area (Å²) < 4.78 is 14.7. The van der Waals surface area contributed by atoms with Crippen LogP contribution in [-0.4, -0.2) is 63.7 Å². The van der Waals surface area contributed by atoms with Gasteiger partial charge >= 0.3 is 0 Å². The van der Waals surface area contributed by atoms with E-state index in [0.29, 0.717) is 19.6 Å². The van der Waals surface area contributed by atoms with Gasteiger partial charge in [0.1, 0.15) is 0 Å². The lowest BCUT2D eigenvalue weighted by atomic mass is 9.75. The minimum absolute atomic E-state index is 0.104. The van der Waals surface area contributed by atoms with Crippen molar-refractivity contribution < 1.29 is 14.0 Å². The minimum atomic E-state index is -0.664. The van der Waals surface area contributed by atoms with Gasteiger partial charge in [0.2, 0.25) is 11.8 Å². The van der Waals surface area contributed by atoms with Crippen molar-refractivity contribution in [2.24, 2.45) is 5.41 Å². The van der Waals surface area contributed by atoms with Gasteiger partial charge in [-0.1, -0.05) is 0 Å². The van der Waals surface area contributed by atoms with Crippen LogP contribution in [0, 0.1) is 5.41 Å². The summed E-state index contributed by atoms with van der Waals surface area (Å²) in [7, 11) is 0. The molecule has 2 aliphatic rings. The summed E-state index contributed by atoms with van der Waals surface area (Å²) >= 11 is 0. The highest BCUT2D eigenvalue weighted by molar-refractivity contribution is 5.88. The molecule has 1 spiro atoms. The van der Waals surface area contributed by atoms with Crippen molar-refractivity contribution in [3.8, 4) is 0 Å². The van der Waals surface area contributed by atoms with E-state index in [9.17, 15) is 14.0 Å². The van der Waals surface area contributed by atoms with Crippen molar-refractivity contribution in [2.75, 3.05) is 26.3 Å². The average molecular weight is 364 g/mol. The maximum absolute atomic E-state index is 13.4. The van der Waals surface area contributed by atoms with E-state index < -0.39 is 12.1 Å². The zero-order chi connectivity index (χ0) is 19.1. The van der Waals surface area contributed by atoms with Gasteiger partial charge in [0.05, 0.1) is 18.5 Å². The third-order valence-electron chi connectivity index (χ3n) is 5.86. The number of carbonyl (C=O) groups is 2. The molecule has 2 saturated heterocycles. The van der Waals surface area contributed by atoms with E-state index in [-0.39, 0.29) is 36.2 Å². The summed E-state index contributed by atoms with van der Waals surface area (Å²) in [5.74, 6) is -0.197. The summed E-state index contributed by atoms with van der Waals surface area (Å²) in [6.07, 6.45) is 2.36. The first kappa shape index (κ1) is 18.9. The Morgan fingerprint density at radius 2 is 2.08 bits per heavy atom. The monoisotopic (exact) mass is 364 g/mol. The first-order chi connectivity index (χ1) is 12.3. The molecular formula is C19H29FN4O2. The first-order valence-corrected chi connectivity index (χ1v) is 9.50. The number of halogens is 1. The summed E-state index contributed by atoms with van der Waals surface area (Å²) in [4.78, 5) is 29.3. The topological polar surface area (TPSA) is 58.4 Å². The van der Waals surface area contributed by atoms with Crippen molar-refractivity contribution in [3.05, 3.63) is 18.0 Å². The normalized spacial score (nSPS) is 26.1. The van der Waals surface area contributed by atoms with E-state index in [4.69, 9.17) is 0 Å². The van der Waals surface area contributed by atoms with Gasteiger partial charge in [0.25, 0.3) is 0 Å². The molecule has 144 valence electrons. The molecule has 0 N–H and O–H groups in total. The third kappa shape index (κ3) is 2.91. The van der Waals surface area contributed by atoms with Crippen LogP contribution in [-0.2, 0) is 9.59 Å².